The van der Waals surface area contributed by atoms with Crippen LogP contribution in [0, 0.1) is 0 Å². The lowest BCUT2D eigenvalue weighted by atomic mass is 10.3. The maximum absolute atomic E-state index is 12.2. The molecule has 0 bridgehead atoms. The molecule has 0 radical (unpaired) electrons. The van der Waals surface area contributed by atoms with Crippen molar-refractivity contribution in [2.75, 3.05) is 12.3 Å². The predicted octanol–water partition coefficient (Wildman–Crippen LogP) is 1.18. The molecule has 1 aliphatic rings. The molecule has 0 fully saturated rings. The number of hydrogen-bond acceptors (Lipinski definition) is 4. The van der Waals surface area contributed by atoms with Crippen LogP contribution >= 0.6 is 11.3 Å². The van der Waals surface area contributed by atoms with E-state index in [1.807, 2.05) is 15.6 Å². The van der Waals surface area contributed by atoms with Gasteiger partial charge in [-0.2, -0.15) is 5.10 Å². The number of anilines is 1. The first-order valence-corrected chi connectivity index (χ1v) is 6.26. The Kier molecular flexibility index (Phi) is 2.36. The van der Waals surface area contributed by atoms with Crippen molar-refractivity contribution in [3.8, 4) is 0 Å². The van der Waals surface area contributed by atoms with Gasteiger partial charge in [-0.1, -0.05) is 0 Å². The molecule has 0 atom stereocenters. The zero-order valence-corrected chi connectivity index (χ0v) is 9.98. The molecular formula is C11H12N4OS. The molecule has 3 heterocycles. The lowest BCUT2D eigenvalue weighted by Crippen LogP contribution is -2.38. The Bertz CT molecular complexity index is 559. The Hall–Kier alpha value is -1.82. The van der Waals surface area contributed by atoms with Gasteiger partial charge < -0.3 is 10.6 Å². The fourth-order valence-electron chi connectivity index (χ4n) is 1.98. The van der Waals surface area contributed by atoms with Crippen LogP contribution in [0.5, 0.6) is 0 Å². The summed E-state index contributed by atoms with van der Waals surface area (Å²) in [5.74, 6) is 0.0548. The van der Waals surface area contributed by atoms with Crippen molar-refractivity contribution < 1.29 is 4.79 Å². The Morgan fingerprint density at radius 3 is 3.12 bits per heavy atom. The van der Waals surface area contributed by atoms with Crippen LogP contribution in [-0.4, -0.2) is 27.1 Å². The van der Waals surface area contributed by atoms with Crippen molar-refractivity contribution in [1.82, 2.24) is 14.7 Å². The van der Waals surface area contributed by atoms with Gasteiger partial charge in [0.05, 0.1) is 23.7 Å². The first-order chi connectivity index (χ1) is 8.24. The van der Waals surface area contributed by atoms with E-state index in [2.05, 4.69) is 5.10 Å². The third kappa shape index (κ3) is 1.80. The Morgan fingerprint density at radius 1 is 1.47 bits per heavy atom. The Balaban J connectivity index is 1.81. The zero-order chi connectivity index (χ0) is 11.8. The van der Waals surface area contributed by atoms with Crippen LogP contribution in [0.3, 0.4) is 0 Å². The number of aromatic nitrogens is 2. The molecule has 0 saturated heterocycles. The molecule has 1 aliphatic heterocycles. The third-order valence-corrected chi connectivity index (χ3v) is 3.79. The maximum Gasteiger partial charge on any atom is 0.264 e. The van der Waals surface area contributed by atoms with Crippen LogP contribution in [-0.2, 0) is 13.1 Å². The van der Waals surface area contributed by atoms with E-state index in [0.29, 0.717) is 23.7 Å². The molecule has 0 saturated carbocycles. The summed E-state index contributed by atoms with van der Waals surface area (Å²) in [4.78, 5) is 14.7. The number of amides is 1. The lowest BCUT2D eigenvalue weighted by molar-refractivity contribution is 0.0711. The Morgan fingerprint density at radius 2 is 2.35 bits per heavy atom. The highest BCUT2D eigenvalue weighted by Gasteiger charge is 2.22. The molecule has 88 valence electrons. The lowest BCUT2D eigenvalue weighted by Gasteiger charge is -2.27. The number of fused-ring (bicyclic) bond motifs is 1. The van der Waals surface area contributed by atoms with Crippen LogP contribution in [0.1, 0.15) is 15.4 Å². The second-order valence-corrected chi connectivity index (χ2v) is 4.93. The molecule has 5 nitrogen and oxygen atoms in total. The normalized spacial score (nSPS) is 14.7. The van der Waals surface area contributed by atoms with Crippen molar-refractivity contribution in [2.45, 2.75) is 13.1 Å². The van der Waals surface area contributed by atoms with Crippen molar-refractivity contribution in [2.24, 2.45) is 0 Å². The van der Waals surface area contributed by atoms with E-state index >= 15 is 0 Å². The van der Waals surface area contributed by atoms with E-state index in [0.717, 1.165) is 12.2 Å². The van der Waals surface area contributed by atoms with Gasteiger partial charge in [0.2, 0.25) is 0 Å². The van der Waals surface area contributed by atoms with E-state index in [4.69, 9.17) is 5.73 Å². The molecule has 2 N–H and O–H groups in total. The van der Waals surface area contributed by atoms with E-state index in [1.165, 1.54) is 11.3 Å². The number of rotatable bonds is 1. The predicted molar refractivity (Wildman–Crippen MR) is 65.7 cm³/mol. The summed E-state index contributed by atoms with van der Waals surface area (Å²) in [6, 6.07) is 3.68. The van der Waals surface area contributed by atoms with Gasteiger partial charge in [0, 0.05) is 23.8 Å². The number of carbonyl (C=O) groups is 1. The SMILES string of the molecule is Nc1csc(C(=O)N2CCn3nccc3C2)c1. The van der Waals surface area contributed by atoms with Crippen molar-refractivity contribution >= 4 is 22.9 Å². The fourth-order valence-corrected chi connectivity index (χ4v) is 2.74. The molecule has 1 amide bonds. The second-order valence-electron chi connectivity index (χ2n) is 4.02. The summed E-state index contributed by atoms with van der Waals surface area (Å²) in [5.41, 5.74) is 7.36. The van der Waals surface area contributed by atoms with Gasteiger partial charge in [0.1, 0.15) is 0 Å². The highest BCUT2D eigenvalue weighted by molar-refractivity contribution is 7.12. The first kappa shape index (κ1) is 10.3. The smallest absolute Gasteiger partial charge is 0.264 e. The van der Waals surface area contributed by atoms with Crippen LogP contribution in [0.25, 0.3) is 0 Å². The summed E-state index contributed by atoms with van der Waals surface area (Å²) in [5, 5.41) is 5.98. The minimum Gasteiger partial charge on any atom is -0.398 e. The molecule has 3 rings (SSSR count). The van der Waals surface area contributed by atoms with Gasteiger partial charge in [-0.3, -0.25) is 9.48 Å². The largest absolute Gasteiger partial charge is 0.398 e. The summed E-state index contributed by atoms with van der Waals surface area (Å²) in [6.45, 7) is 2.08. The van der Waals surface area contributed by atoms with E-state index in [-0.39, 0.29) is 5.91 Å². The molecule has 0 spiro atoms. The van der Waals surface area contributed by atoms with Gasteiger partial charge in [0.15, 0.2) is 0 Å². The standard InChI is InChI=1S/C11H12N4OS/c12-8-5-10(17-7-8)11(16)14-3-4-15-9(6-14)1-2-13-15/h1-2,5,7H,3-4,6,12H2. The molecule has 6 heteroatoms. The average Bonchev–Trinajstić information content (AvgIpc) is 2.95. The second kappa shape index (κ2) is 3.89. The third-order valence-electron chi connectivity index (χ3n) is 2.86. The Labute approximate surface area is 102 Å². The number of nitrogens with zero attached hydrogens (tertiary/aromatic N) is 3. The maximum atomic E-state index is 12.2. The average molecular weight is 248 g/mol. The molecule has 0 unspecified atom stereocenters. The molecular weight excluding hydrogens is 236 g/mol. The van der Waals surface area contributed by atoms with Crippen LogP contribution in [0.2, 0.25) is 0 Å². The molecule has 2 aromatic rings. The summed E-state index contributed by atoms with van der Waals surface area (Å²) < 4.78 is 1.94. The van der Waals surface area contributed by atoms with Gasteiger partial charge in [-0.15, -0.1) is 11.3 Å². The van der Waals surface area contributed by atoms with Gasteiger partial charge in [-0.05, 0) is 12.1 Å². The van der Waals surface area contributed by atoms with Gasteiger partial charge in [-0.25, -0.2) is 0 Å². The minimum atomic E-state index is 0.0548. The first-order valence-electron chi connectivity index (χ1n) is 5.38. The monoisotopic (exact) mass is 248 g/mol. The number of nitrogen functional groups attached to an aromatic ring is 1. The summed E-state index contributed by atoms with van der Waals surface area (Å²) in [7, 11) is 0. The fraction of sp³-hybridized carbons (Fsp3) is 0.273. The van der Waals surface area contributed by atoms with E-state index in [9.17, 15) is 4.79 Å². The molecule has 2 aromatic heterocycles. The zero-order valence-electron chi connectivity index (χ0n) is 9.17. The minimum absolute atomic E-state index is 0.0548. The summed E-state index contributed by atoms with van der Waals surface area (Å²) in [6.07, 6.45) is 1.77. The molecule has 0 aromatic carbocycles. The molecule has 17 heavy (non-hydrogen) atoms. The van der Waals surface area contributed by atoms with Gasteiger partial charge >= 0.3 is 0 Å². The highest BCUT2D eigenvalue weighted by Crippen LogP contribution is 2.20. The van der Waals surface area contributed by atoms with Crippen molar-refractivity contribution in [3.63, 3.8) is 0 Å². The van der Waals surface area contributed by atoms with Gasteiger partial charge in [0.25, 0.3) is 5.91 Å². The van der Waals surface area contributed by atoms with Crippen LogP contribution in [0.4, 0.5) is 5.69 Å². The number of carbonyl (C=O) groups excluding carboxylic acids is 1. The number of nitrogens with two attached hydrogens (primary N) is 1. The van der Waals surface area contributed by atoms with Crippen LogP contribution < -0.4 is 5.73 Å². The van der Waals surface area contributed by atoms with Crippen LogP contribution in [0.15, 0.2) is 23.7 Å². The van der Waals surface area contributed by atoms with Crippen molar-refractivity contribution in [1.29, 1.82) is 0 Å². The quantitative estimate of drug-likeness (QED) is 0.824. The molecule has 0 aliphatic carbocycles. The van der Waals surface area contributed by atoms with E-state index in [1.54, 1.807) is 17.6 Å². The van der Waals surface area contributed by atoms with Crippen molar-refractivity contribution in [3.05, 3.63) is 34.3 Å². The highest BCUT2D eigenvalue weighted by atomic mass is 32.1. The number of hydrogen-bond donors (Lipinski definition) is 1. The summed E-state index contributed by atoms with van der Waals surface area (Å²) >= 11 is 1.40. The topological polar surface area (TPSA) is 64.2 Å². The van der Waals surface area contributed by atoms with E-state index < -0.39 is 0 Å². The number of thiophene rings is 1.